The lowest BCUT2D eigenvalue weighted by Gasteiger charge is -2.16. The molecule has 0 radical (unpaired) electrons. The maximum Gasteiger partial charge on any atom is 0.267 e. The van der Waals surface area contributed by atoms with E-state index in [1.54, 1.807) is 61.7 Å². The van der Waals surface area contributed by atoms with E-state index >= 15 is 0 Å². The number of nitrogens with one attached hydrogen (secondary N) is 1. The number of aryl methyl sites for hydroxylation is 1. The van der Waals surface area contributed by atoms with Gasteiger partial charge in [0.2, 0.25) is 5.91 Å². The molecule has 156 valence electrons. The van der Waals surface area contributed by atoms with Crippen LogP contribution in [0.1, 0.15) is 12.5 Å². The summed E-state index contributed by atoms with van der Waals surface area (Å²) < 4.78 is 1.45. The SMILES string of the molecule is Cc1ccc(-n2c(SC(C)C(=O)Nc3ccccc3Cl)nc3ccccc3c2=O)nc1. The first-order valence-corrected chi connectivity index (χ1v) is 10.9. The summed E-state index contributed by atoms with van der Waals surface area (Å²) in [6.45, 7) is 3.68. The van der Waals surface area contributed by atoms with Gasteiger partial charge in [0.1, 0.15) is 5.82 Å². The summed E-state index contributed by atoms with van der Waals surface area (Å²) >= 11 is 7.34. The number of hydrogen-bond acceptors (Lipinski definition) is 5. The summed E-state index contributed by atoms with van der Waals surface area (Å²) in [6.07, 6.45) is 1.69. The summed E-state index contributed by atoms with van der Waals surface area (Å²) in [6, 6.07) is 17.8. The first-order valence-electron chi connectivity index (χ1n) is 9.61. The zero-order chi connectivity index (χ0) is 22.0. The molecule has 2 heterocycles. The highest BCUT2D eigenvalue weighted by Gasteiger charge is 2.21. The maximum absolute atomic E-state index is 13.3. The molecule has 1 atom stereocenters. The number of rotatable bonds is 5. The predicted molar refractivity (Wildman–Crippen MR) is 125 cm³/mol. The van der Waals surface area contributed by atoms with Gasteiger partial charge in [-0.15, -0.1) is 0 Å². The number of carbonyl (C=O) groups is 1. The molecule has 0 aliphatic carbocycles. The number of pyridine rings is 1. The van der Waals surface area contributed by atoms with Gasteiger partial charge in [-0.3, -0.25) is 9.59 Å². The Hall–Kier alpha value is -3.16. The fraction of sp³-hybridized carbons (Fsp3) is 0.130. The van der Waals surface area contributed by atoms with Crippen LogP contribution in [-0.2, 0) is 4.79 Å². The number of nitrogens with zero attached hydrogens (tertiary/aromatic N) is 3. The van der Waals surface area contributed by atoms with Crippen molar-refractivity contribution in [3.63, 3.8) is 0 Å². The molecule has 31 heavy (non-hydrogen) atoms. The van der Waals surface area contributed by atoms with Crippen LogP contribution >= 0.6 is 23.4 Å². The van der Waals surface area contributed by atoms with Crippen LogP contribution in [-0.4, -0.2) is 25.7 Å². The largest absolute Gasteiger partial charge is 0.324 e. The number of benzene rings is 2. The molecule has 0 spiro atoms. The molecule has 0 saturated heterocycles. The predicted octanol–water partition coefficient (Wildman–Crippen LogP) is 4.86. The van der Waals surface area contributed by atoms with Crippen LogP contribution in [0.2, 0.25) is 5.02 Å². The zero-order valence-corrected chi connectivity index (χ0v) is 18.4. The fourth-order valence-electron chi connectivity index (χ4n) is 2.99. The molecule has 0 bridgehead atoms. The monoisotopic (exact) mass is 450 g/mol. The van der Waals surface area contributed by atoms with E-state index in [1.165, 1.54) is 16.3 Å². The molecule has 0 fully saturated rings. The average molecular weight is 451 g/mol. The first-order chi connectivity index (χ1) is 14.9. The number of amides is 1. The van der Waals surface area contributed by atoms with Crippen LogP contribution < -0.4 is 10.9 Å². The summed E-state index contributed by atoms with van der Waals surface area (Å²) in [5, 5.41) is 3.62. The summed E-state index contributed by atoms with van der Waals surface area (Å²) in [5.41, 5.74) is 1.85. The second-order valence-electron chi connectivity index (χ2n) is 6.98. The van der Waals surface area contributed by atoms with E-state index in [0.717, 1.165) is 5.56 Å². The first kappa shape index (κ1) is 21.1. The molecule has 8 heteroatoms. The Morgan fingerprint density at radius 2 is 1.84 bits per heavy atom. The zero-order valence-electron chi connectivity index (χ0n) is 16.9. The number of thioether (sulfide) groups is 1. The Bertz CT molecular complexity index is 1320. The summed E-state index contributed by atoms with van der Waals surface area (Å²) in [7, 11) is 0. The van der Waals surface area contributed by atoms with Crippen LogP contribution in [0.4, 0.5) is 5.69 Å². The third-order valence-corrected chi connectivity index (χ3v) is 6.03. The number of hydrogen-bond donors (Lipinski definition) is 1. The number of para-hydroxylation sites is 2. The molecule has 0 aliphatic heterocycles. The van der Waals surface area contributed by atoms with Crippen LogP contribution in [0.25, 0.3) is 16.7 Å². The van der Waals surface area contributed by atoms with E-state index in [1.807, 2.05) is 19.1 Å². The second-order valence-corrected chi connectivity index (χ2v) is 8.69. The van der Waals surface area contributed by atoms with Gasteiger partial charge in [0.05, 0.1) is 26.9 Å². The second kappa shape index (κ2) is 8.91. The highest BCUT2D eigenvalue weighted by Crippen LogP contribution is 2.27. The van der Waals surface area contributed by atoms with Crippen molar-refractivity contribution in [2.75, 3.05) is 5.32 Å². The Morgan fingerprint density at radius 3 is 2.58 bits per heavy atom. The molecule has 0 aliphatic rings. The van der Waals surface area contributed by atoms with Crippen LogP contribution in [0.15, 0.2) is 76.8 Å². The number of anilines is 1. The van der Waals surface area contributed by atoms with E-state index in [0.29, 0.717) is 32.6 Å². The Labute approximate surface area is 188 Å². The van der Waals surface area contributed by atoms with E-state index in [-0.39, 0.29) is 11.5 Å². The van der Waals surface area contributed by atoms with Crippen molar-refractivity contribution in [1.29, 1.82) is 0 Å². The normalized spacial score (nSPS) is 12.0. The highest BCUT2D eigenvalue weighted by atomic mass is 35.5. The van der Waals surface area contributed by atoms with Crippen molar-refractivity contribution in [1.82, 2.24) is 14.5 Å². The molecule has 4 rings (SSSR count). The quantitative estimate of drug-likeness (QED) is 0.347. The van der Waals surface area contributed by atoms with Gasteiger partial charge in [-0.2, -0.15) is 0 Å². The molecule has 0 saturated carbocycles. The van der Waals surface area contributed by atoms with Gasteiger partial charge in [-0.1, -0.05) is 53.7 Å². The van der Waals surface area contributed by atoms with Crippen molar-refractivity contribution in [3.05, 3.63) is 87.8 Å². The summed E-state index contributed by atoms with van der Waals surface area (Å²) in [5.74, 6) is 0.207. The molecular formula is C23H19ClN4O2S. The van der Waals surface area contributed by atoms with Gasteiger partial charge in [0.25, 0.3) is 5.56 Å². The number of halogens is 1. The topological polar surface area (TPSA) is 76.9 Å². The minimum Gasteiger partial charge on any atom is -0.324 e. The third-order valence-electron chi connectivity index (χ3n) is 4.65. The van der Waals surface area contributed by atoms with Crippen LogP contribution in [0.5, 0.6) is 0 Å². The molecule has 1 N–H and O–H groups in total. The number of fused-ring (bicyclic) bond motifs is 1. The van der Waals surface area contributed by atoms with E-state index in [2.05, 4.69) is 15.3 Å². The van der Waals surface area contributed by atoms with Gasteiger partial charge in [-0.25, -0.2) is 14.5 Å². The van der Waals surface area contributed by atoms with E-state index < -0.39 is 5.25 Å². The lowest BCUT2D eigenvalue weighted by Crippen LogP contribution is -2.26. The Kier molecular flexibility index (Phi) is 6.06. The van der Waals surface area contributed by atoms with Gasteiger partial charge in [-0.05, 0) is 49.7 Å². The molecule has 6 nitrogen and oxygen atoms in total. The molecular weight excluding hydrogens is 432 g/mol. The lowest BCUT2D eigenvalue weighted by molar-refractivity contribution is -0.115. The van der Waals surface area contributed by atoms with Gasteiger partial charge in [0, 0.05) is 6.20 Å². The van der Waals surface area contributed by atoms with Crippen molar-refractivity contribution < 1.29 is 4.79 Å². The minimum absolute atomic E-state index is 0.233. The van der Waals surface area contributed by atoms with Crippen molar-refractivity contribution in [2.24, 2.45) is 0 Å². The van der Waals surface area contributed by atoms with Crippen molar-refractivity contribution >= 4 is 45.9 Å². The van der Waals surface area contributed by atoms with E-state index in [9.17, 15) is 9.59 Å². The molecule has 1 unspecified atom stereocenters. The third kappa shape index (κ3) is 4.47. The number of aromatic nitrogens is 3. The van der Waals surface area contributed by atoms with Gasteiger partial charge < -0.3 is 5.32 Å². The Balaban J connectivity index is 1.73. The summed E-state index contributed by atoms with van der Waals surface area (Å²) in [4.78, 5) is 35.1. The van der Waals surface area contributed by atoms with Gasteiger partial charge in [0.15, 0.2) is 5.16 Å². The smallest absolute Gasteiger partial charge is 0.267 e. The van der Waals surface area contributed by atoms with Crippen LogP contribution in [0.3, 0.4) is 0 Å². The van der Waals surface area contributed by atoms with Crippen LogP contribution in [0, 0.1) is 6.92 Å². The molecule has 4 aromatic rings. The van der Waals surface area contributed by atoms with Gasteiger partial charge >= 0.3 is 0 Å². The standard InChI is InChI=1S/C23H19ClN4O2S/c1-14-11-12-20(25-13-14)28-22(30)16-7-3-5-9-18(16)27-23(28)31-15(2)21(29)26-19-10-6-4-8-17(19)24/h3-13,15H,1-2H3,(H,26,29). The molecule has 2 aromatic carbocycles. The van der Waals surface area contributed by atoms with Crippen molar-refractivity contribution in [3.8, 4) is 5.82 Å². The maximum atomic E-state index is 13.3. The van der Waals surface area contributed by atoms with Crippen molar-refractivity contribution in [2.45, 2.75) is 24.3 Å². The number of carbonyl (C=O) groups excluding carboxylic acids is 1. The lowest BCUT2D eigenvalue weighted by atomic mass is 10.2. The fourth-order valence-corrected chi connectivity index (χ4v) is 4.09. The molecule has 1 amide bonds. The average Bonchev–Trinajstić information content (AvgIpc) is 2.76. The minimum atomic E-state index is -0.541. The van der Waals surface area contributed by atoms with E-state index in [4.69, 9.17) is 11.6 Å². The highest BCUT2D eigenvalue weighted by molar-refractivity contribution is 8.00. The molecule has 2 aromatic heterocycles. The Morgan fingerprint density at radius 1 is 1.10 bits per heavy atom.